The summed E-state index contributed by atoms with van der Waals surface area (Å²) in [7, 11) is 0. The van der Waals surface area contributed by atoms with Crippen molar-refractivity contribution in [3.8, 4) is 0 Å². The maximum Gasteiger partial charge on any atom is 0.339 e. The van der Waals surface area contributed by atoms with Crippen LogP contribution in [0.4, 0.5) is 0 Å². The molecule has 0 aromatic carbocycles. The third kappa shape index (κ3) is 1.99. The summed E-state index contributed by atoms with van der Waals surface area (Å²) in [6.45, 7) is 6.56. The highest BCUT2D eigenvalue weighted by atomic mass is 16.4. The van der Waals surface area contributed by atoms with E-state index in [2.05, 4.69) is 15.2 Å². The summed E-state index contributed by atoms with van der Waals surface area (Å²) in [5.74, 6) is -0.187. The molecule has 7 heteroatoms. The van der Waals surface area contributed by atoms with Crippen LogP contribution >= 0.6 is 0 Å². The van der Waals surface area contributed by atoms with E-state index in [1.54, 1.807) is 23.2 Å². The second-order valence-corrected chi connectivity index (χ2v) is 4.00. The van der Waals surface area contributed by atoms with Crippen molar-refractivity contribution in [2.24, 2.45) is 0 Å². The van der Waals surface area contributed by atoms with Gasteiger partial charge >= 0.3 is 5.97 Å². The lowest BCUT2D eigenvalue weighted by atomic mass is 10.2. The molecule has 2 rings (SSSR count). The molecule has 0 amide bonds. The Morgan fingerprint density at radius 2 is 2.11 bits per heavy atom. The van der Waals surface area contributed by atoms with Gasteiger partial charge in [-0.15, -0.1) is 0 Å². The van der Waals surface area contributed by atoms with Crippen molar-refractivity contribution < 1.29 is 9.90 Å². The van der Waals surface area contributed by atoms with Crippen LogP contribution in [-0.2, 0) is 13.1 Å². The molecule has 7 nitrogen and oxygen atoms in total. The lowest BCUT2D eigenvalue weighted by Crippen LogP contribution is -2.11. The van der Waals surface area contributed by atoms with Gasteiger partial charge in [0.05, 0.1) is 11.4 Å². The number of nitrogens with zero attached hydrogens (tertiary/aromatic N) is 5. The number of carbonyl (C=O) groups is 1. The third-order valence-electron chi connectivity index (χ3n) is 2.88. The molecule has 96 valence electrons. The molecule has 0 spiro atoms. The first-order chi connectivity index (χ1) is 8.54. The quantitative estimate of drug-likeness (QED) is 0.868. The van der Waals surface area contributed by atoms with Crippen LogP contribution in [0.2, 0.25) is 0 Å². The van der Waals surface area contributed by atoms with Crippen molar-refractivity contribution in [2.45, 2.75) is 33.9 Å². The molecule has 1 N–H and O–H groups in total. The second-order valence-electron chi connectivity index (χ2n) is 4.00. The van der Waals surface area contributed by atoms with E-state index in [0.717, 1.165) is 12.4 Å². The molecule has 0 bridgehead atoms. The van der Waals surface area contributed by atoms with Gasteiger partial charge in [0.25, 0.3) is 0 Å². The largest absolute Gasteiger partial charge is 0.478 e. The number of aryl methyl sites for hydroxylation is 2. The molecule has 2 aromatic rings. The van der Waals surface area contributed by atoms with Crippen LogP contribution < -0.4 is 0 Å². The third-order valence-corrected chi connectivity index (χ3v) is 2.88. The lowest BCUT2D eigenvalue weighted by Gasteiger charge is -2.05. The molecule has 0 atom stereocenters. The molecule has 0 radical (unpaired) electrons. The second kappa shape index (κ2) is 4.59. The van der Waals surface area contributed by atoms with E-state index in [-0.39, 0.29) is 5.56 Å². The molecule has 0 fully saturated rings. The van der Waals surface area contributed by atoms with Gasteiger partial charge in [-0.1, -0.05) is 0 Å². The number of aromatic nitrogens is 5. The highest BCUT2D eigenvalue weighted by Gasteiger charge is 2.18. The number of rotatable bonds is 4. The van der Waals surface area contributed by atoms with E-state index >= 15 is 0 Å². The number of carboxylic acid groups (broad SMARTS) is 1. The monoisotopic (exact) mass is 249 g/mol. The predicted octanol–water partition coefficient (Wildman–Crippen LogP) is 0.858. The molecule has 2 heterocycles. The van der Waals surface area contributed by atoms with Gasteiger partial charge in [-0.3, -0.25) is 4.68 Å². The van der Waals surface area contributed by atoms with Crippen LogP contribution in [0.3, 0.4) is 0 Å². The Morgan fingerprint density at radius 3 is 2.67 bits per heavy atom. The van der Waals surface area contributed by atoms with Crippen LogP contribution in [0.1, 0.15) is 34.5 Å². The van der Waals surface area contributed by atoms with E-state index in [4.69, 9.17) is 5.11 Å². The zero-order chi connectivity index (χ0) is 13.3. The SMILES string of the molecule is CCn1ncnc1Cn1nc(C)c(C(=O)O)c1C. The topological polar surface area (TPSA) is 85.8 Å². The molecule has 2 aromatic heterocycles. The number of aromatic carboxylic acids is 1. The Balaban J connectivity index is 2.36. The van der Waals surface area contributed by atoms with Gasteiger partial charge in [0, 0.05) is 6.54 Å². The van der Waals surface area contributed by atoms with Gasteiger partial charge < -0.3 is 5.11 Å². The van der Waals surface area contributed by atoms with Gasteiger partial charge in [0.15, 0.2) is 0 Å². The number of hydrogen-bond acceptors (Lipinski definition) is 4. The average molecular weight is 249 g/mol. The van der Waals surface area contributed by atoms with E-state index in [9.17, 15) is 4.79 Å². The van der Waals surface area contributed by atoms with E-state index in [0.29, 0.717) is 17.9 Å². The van der Waals surface area contributed by atoms with E-state index in [1.165, 1.54) is 6.33 Å². The lowest BCUT2D eigenvalue weighted by molar-refractivity contribution is 0.0695. The molecule has 0 aliphatic rings. The number of hydrogen-bond donors (Lipinski definition) is 1. The maximum atomic E-state index is 11.1. The first kappa shape index (κ1) is 12.3. The first-order valence-corrected chi connectivity index (χ1v) is 5.68. The normalized spacial score (nSPS) is 10.8. The summed E-state index contributed by atoms with van der Waals surface area (Å²) in [4.78, 5) is 15.2. The summed E-state index contributed by atoms with van der Waals surface area (Å²) in [6, 6.07) is 0. The fraction of sp³-hybridized carbons (Fsp3) is 0.455. The molecule has 0 aliphatic carbocycles. The van der Waals surface area contributed by atoms with Crippen LogP contribution in [0.15, 0.2) is 6.33 Å². The Kier molecular flexibility index (Phi) is 3.14. The van der Waals surface area contributed by atoms with Crippen LogP contribution in [0.25, 0.3) is 0 Å². The van der Waals surface area contributed by atoms with Crippen LogP contribution in [-0.4, -0.2) is 35.6 Å². The van der Waals surface area contributed by atoms with Crippen molar-refractivity contribution in [1.29, 1.82) is 0 Å². The van der Waals surface area contributed by atoms with Gasteiger partial charge in [0.2, 0.25) is 0 Å². The Labute approximate surface area is 104 Å². The van der Waals surface area contributed by atoms with Gasteiger partial charge in [0.1, 0.15) is 24.3 Å². The molecular formula is C11H15N5O2. The highest BCUT2D eigenvalue weighted by molar-refractivity contribution is 5.90. The zero-order valence-corrected chi connectivity index (χ0v) is 10.6. The first-order valence-electron chi connectivity index (χ1n) is 5.68. The molecule has 0 saturated carbocycles. The summed E-state index contributed by atoms with van der Waals surface area (Å²) >= 11 is 0. The van der Waals surface area contributed by atoms with Gasteiger partial charge in [-0.25, -0.2) is 14.5 Å². The minimum Gasteiger partial charge on any atom is -0.478 e. The highest BCUT2D eigenvalue weighted by Crippen LogP contribution is 2.13. The maximum absolute atomic E-state index is 11.1. The summed E-state index contributed by atoms with van der Waals surface area (Å²) in [5.41, 5.74) is 1.41. The van der Waals surface area contributed by atoms with Gasteiger partial charge in [-0.2, -0.15) is 10.2 Å². The predicted molar refractivity (Wildman–Crippen MR) is 63.5 cm³/mol. The Bertz CT molecular complexity index is 584. The van der Waals surface area contributed by atoms with Crippen molar-refractivity contribution in [3.63, 3.8) is 0 Å². The van der Waals surface area contributed by atoms with Crippen molar-refractivity contribution >= 4 is 5.97 Å². The van der Waals surface area contributed by atoms with Crippen molar-refractivity contribution in [3.05, 3.63) is 29.1 Å². The van der Waals surface area contributed by atoms with Crippen LogP contribution in [0.5, 0.6) is 0 Å². The van der Waals surface area contributed by atoms with Crippen molar-refractivity contribution in [1.82, 2.24) is 24.5 Å². The summed E-state index contributed by atoms with van der Waals surface area (Å²) in [6.07, 6.45) is 1.49. The molecule has 18 heavy (non-hydrogen) atoms. The van der Waals surface area contributed by atoms with Crippen molar-refractivity contribution in [2.75, 3.05) is 0 Å². The fourth-order valence-corrected chi connectivity index (χ4v) is 1.97. The molecule has 0 aliphatic heterocycles. The van der Waals surface area contributed by atoms with Gasteiger partial charge in [-0.05, 0) is 20.8 Å². The molecule has 0 saturated heterocycles. The zero-order valence-electron chi connectivity index (χ0n) is 10.6. The summed E-state index contributed by atoms with van der Waals surface area (Å²) in [5, 5.41) is 17.4. The molecule has 0 unspecified atom stereocenters. The van der Waals surface area contributed by atoms with E-state index in [1.807, 2.05) is 6.92 Å². The van der Waals surface area contributed by atoms with Crippen LogP contribution in [0, 0.1) is 13.8 Å². The number of carboxylic acids is 1. The minimum atomic E-state index is -0.951. The Morgan fingerprint density at radius 1 is 1.39 bits per heavy atom. The minimum absolute atomic E-state index is 0.262. The average Bonchev–Trinajstić information content (AvgIpc) is 2.84. The smallest absolute Gasteiger partial charge is 0.339 e. The fourth-order valence-electron chi connectivity index (χ4n) is 1.97. The van der Waals surface area contributed by atoms with E-state index < -0.39 is 5.97 Å². The molecular weight excluding hydrogens is 234 g/mol. The standard InChI is InChI=1S/C11H15N5O2/c1-4-15-9(12-6-13-15)5-16-8(3)10(11(17)18)7(2)14-16/h6H,4-5H2,1-3H3,(H,17,18). The Hall–Kier alpha value is -2.18. The summed E-state index contributed by atoms with van der Waals surface area (Å²) < 4.78 is 3.41.